The van der Waals surface area contributed by atoms with Crippen LogP contribution in [0.1, 0.15) is 10.4 Å². The monoisotopic (exact) mass is 239 g/mol. The molecule has 0 N–H and O–H groups in total. The van der Waals surface area contributed by atoms with Gasteiger partial charge in [0.25, 0.3) is 0 Å². The number of nitrogens with zero attached hydrogens (tertiary/aromatic N) is 3. The number of para-hydroxylation sites is 1. The van der Waals surface area contributed by atoms with Gasteiger partial charge in [0.1, 0.15) is 5.75 Å². The van der Waals surface area contributed by atoms with Gasteiger partial charge in [0.2, 0.25) is 0 Å². The van der Waals surface area contributed by atoms with Gasteiger partial charge in [-0.05, 0) is 29.8 Å². The summed E-state index contributed by atoms with van der Waals surface area (Å²) in [6.45, 7) is 0. The Morgan fingerprint density at radius 1 is 1.06 bits per heavy atom. The van der Waals surface area contributed by atoms with E-state index in [9.17, 15) is 4.79 Å². The molecular weight excluding hydrogens is 230 g/mol. The smallest absolute Gasteiger partial charge is 0.343 e. The minimum absolute atomic E-state index is 0.399. The number of hydrogen-bond acceptors (Lipinski definition) is 3. The van der Waals surface area contributed by atoms with E-state index in [4.69, 9.17) is 10.3 Å². The quantitative estimate of drug-likeness (QED) is 0.268. The molecule has 0 fully saturated rings. The van der Waals surface area contributed by atoms with Crippen LogP contribution < -0.4 is 4.74 Å². The van der Waals surface area contributed by atoms with Gasteiger partial charge in [0.05, 0.1) is 5.56 Å². The molecule has 0 aliphatic heterocycles. The maximum atomic E-state index is 11.8. The van der Waals surface area contributed by atoms with Gasteiger partial charge in [-0.15, -0.1) is 0 Å². The van der Waals surface area contributed by atoms with E-state index < -0.39 is 5.97 Å². The summed E-state index contributed by atoms with van der Waals surface area (Å²) in [5.74, 6) is 0.0373. The largest absolute Gasteiger partial charge is 0.423 e. The number of hydrogen-bond donors (Lipinski definition) is 0. The fraction of sp³-hybridized carbons (Fsp3) is 0. The Hall–Kier alpha value is -2.78. The Balaban J connectivity index is 2.12. The van der Waals surface area contributed by atoms with Gasteiger partial charge in [-0.1, -0.05) is 35.4 Å². The number of esters is 1. The number of carbonyl (C=O) groups excluding carboxylic acids is 1. The Morgan fingerprint density at radius 3 is 2.33 bits per heavy atom. The molecule has 0 amide bonds. The molecule has 88 valence electrons. The maximum absolute atomic E-state index is 11.8. The summed E-state index contributed by atoms with van der Waals surface area (Å²) >= 11 is 0. The molecule has 0 aliphatic rings. The maximum Gasteiger partial charge on any atom is 0.343 e. The van der Waals surface area contributed by atoms with Gasteiger partial charge in [-0.3, -0.25) is 0 Å². The van der Waals surface area contributed by atoms with Crippen LogP contribution in [-0.4, -0.2) is 5.97 Å². The number of carbonyl (C=O) groups is 1. The van der Waals surface area contributed by atoms with Crippen LogP contribution in [0.25, 0.3) is 10.4 Å². The highest BCUT2D eigenvalue weighted by Crippen LogP contribution is 2.15. The van der Waals surface area contributed by atoms with Crippen molar-refractivity contribution in [2.24, 2.45) is 5.11 Å². The number of azide groups is 1. The van der Waals surface area contributed by atoms with Crippen molar-refractivity contribution in [3.63, 3.8) is 0 Å². The fourth-order valence-corrected chi connectivity index (χ4v) is 1.37. The van der Waals surface area contributed by atoms with Crippen LogP contribution >= 0.6 is 0 Å². The summed E-state index contributed by atoms with van der Waals surface area (Å²) in [6.07, 6.45) is 0. The highest BCUT2D eigenvalue weighted by atomic mass is 16.5. The Bertz CT molecular complexity index is 587. The zero-order chi connectivity index (χ0) is 12.8. The van der Waals surface area contributed by atoms with Crippen LogP contribution in [0.5, 0.6) is 5.75 Å². The first-order valence-electron chi connectivity index (χ1n) is 5.22. The SMILES string of the molecule is [N-]=[N+]=Nc1ccc(C(=O)Oc2ccccc2)cc1. The summed E-state index contributed by atoms with van der Waals surface area (Å²) in [6, 6.07) is 15.0. The zero-order valence-electron chi connectivity index (χ0n) is 9.35. The van der Waals surface area contributed by atoms with E-state index in [2.05, 4.69) is 10.0 Å². The van der Waals surface area contributed by atoms with Crippen LogP contribution in [0.15, 0.2) is 59.7 Å². The summed E-state index contributed by atoms with van der Waals surface area (Å²) < 4.78 is 5.16. The highest BCUT2D eigenvalue weighted by Gasteiger charge is 2.07. The van der Waals surface area contributed by atoms with Crippen molar-refractivity contribution < 1.29 is 9.53 Å². The molecule has 0 heterocycles. The molecular formula is C13H9N3O2. The molecule has 5 heteroatoms. The van der Waals surface area contributed by atoms with E-state index in [1.54, 1.807) is 48.5 Å². The van der Waals surface area contributed by atoms with Crippen molar-refractivity contribution >= 4 is 11.7 Å². The zero-order valence-corrected chi connectivity index (χ0v) is 9.35. The molecule has 0 unspecified atom stereocenters. The standard InChI is InChI=1S/C13H9N3O2/c14-16-15-11-8-6-10(7-9-11)13(17)18-12-4-2-1-3-5-12/h1-9H. The minimum atomic E-state index is -0.450. The molecule has 0 spiro atoms. The van der Waals surface area contributed by atoms with Crippen molar-refractivity contribution in [3.8, 4) is 5.75 Å². The van der Waals surface area contributed by atoms with E-state index in [0.29, 0.717) is 17.0 Å². The predicted octanol–water partition coefficient (Wildman–Crippen LogP) is 3.85. The average molecular weight is 239 g/mol. The third-order valence-corrected chi connectivity index (χ3v) is 2.22. The van der Waals surface area contributed by atoms with Gasteiger partial charge < -0.3 is 4.74 Å². The first kappa shape index (κ1) is 11.7. The van der Waals surface area contributed by atoms with Crippen LogP contribution in [0.4, 0.5) is 5.69 Å². The van der Waals surface area contributed by atoms with E-state index >= 15 is 0 Å². The van der Waals surface area contributed by atoms with Crippen molar-refractivity contribution in [3.05, 3.63) is 70.6 Å². The molecule has 2 aromatic rings. The second kappa shape index (κ2) is 5.52. The fourth-order valence-electron chi connectivity index (χ4n) is 1.37. The molecule has 18 heavy (non-hydrogen) atoms. The first-order valence-corrected chi connectivity index (χ1v) is 5.22. The molecule has 0 aromatic heterocycles. The van der Waals surface area contributed by atoms with E-state index in [-0.39, 0.29) is 0 Å². The van der Waals surface area contributed by atoms with Gasteiger partial charge in [-0.25, -0.2) is 4.79 Å². The van der Waals surface area contributed by atoms with Crippen molar-refractivity contribution in [2.45, 2.75) is 0 Å². The number of benzene rings is 2. The topological polar surface area (TPSA) is 75.1 Å². The van der Waals surface area contributed by atoms with Crippen molar-refractivity contribution in [1.82, 2.24) is 0 Å². The second-order valence-electron chi connectivity index (χ2n) is 3.44. The summed E-state index contributed by atoms with van der Waals surface area (Å²) in [5, 5.41) is 3.42. The van der Waals surface area contributed by atoms with Crippen LogP contribution in [0.3, 0.4) is 0 Å². The summed E-state index contributed by atoms with van der Waals surface area (Å²) in [4.78, 5) is 14.4. The first-order chi connectivity index (χ1) is 8.79. The van der Waals surface area contributed by atoms with Crippen LogP contribution in [0, 0.1) is 0 Å². The normalized spacial score (nSPS) is 9.33. The lowest BCUT2D eigenvalue weighted by molar-refractivity contribution is 0.0735. The van der Waals surface area contributed by atoms with Crippen LogP contribution in [-0.2, 0) is 0 Å². The molecule has 0 aliphatic carbocycles. The molecule has 0 saturated carbocycles. The minimum Gasteiger partial charge on any atom is -0.423 e. The third kappa shape index (κ3) is 2.87. The molecule has 2 aromatic carbocycles. The van der Waals surface area contributed by atoms with Crippen LogP contribution in [0.2, 0.25) is 0 Å². The molecule has 0 radical (unpaired) electrons. The third-order valence-electron chi connectivity index (χ3n) is 2.22. The van der Waals surface area contributed by atoms with E-state index in [0.717, 1.165) is 0 Å². The average Bonchev–Trinajstić information content (AvgIpc) is 2.41. The lowest BCUT2D eigenvalue weighted by Gasteiger charge is -2.03. The molecule has 0 bridgehead atoms. The van der Waals surface area contributed by atoms with E-state index in [1.165, 1.54) is 0 Å². The van der Waals surface area contributed by atoms with E-state index in [1.807, 2.05) is 6.07 Å². The lowest BCUT2D eigenvalue weighted by atomic mass is 10.2. The van der Waals surface area contributed by atoms with Crippen molar-refractivity contribution in [2.75, 3.05) is 0 Å². The Labute approximate surface area is 103 Å². The van der Waals surface area contributed by atoms with Gasteiger partial charge in [0.15, 0.2) is 0 Å². The highest BCUT2D eigenvalue weighted by molar-refractivity contribution is 5.91. The summed E-state index contributed by atoms with van der Waals surface area (Å²) in [7, 11) is 0. The lowest BCUT2D eigenvalue weighted by Crippen LogP contribution is -2.07. The van der Waals surface area contributed by atoms with Gasteiger partial charge in [0, 0.05) is 10.6 Å². The van der Waals surface area contributed by atoms with Crippen molar-refractivity contribution in [1.29, 1.82) is 0 Å². The van der Waals surface area contributed by atoms with Gasteiger partial charge >= 0.3 is 5.97 Å². The Morgan fingerprint density at radius 2 is 1.72 bits per heavy atom. The number of ether oxygens (including phenoxy) is 1. The number of rotatable bonds is 3. The summed E-state index contributed by atoms with van der Waals surface area (Å²) in [5.41, 5.74) is 9.11. The molecule has 2 rings (SSSR count). The Kier molecular flexibility index (Phi) is 3.59. The predicted molar refractivity (Wildman–Crippen MR) is 66.6 cm³/mol. The molecule has 0 saturated heterocycles. The molecule has 5 nitrogen and oxygen atoms in total. The van der Waals surface area contributed by atoms with Gasteiger partial charge in [-0.2, -0.15) is 0 Å². The molecule has 0 atom stereocenters. The second-order valence-corrected chi connectivity index (χ2v) is 3.44.